The quantitative estimate of drug-likeness (QED) is 0.800. The van der Waals surface area contributed by atoms with Crippen LogP contribution in [-0.4, -0.2) is 25.5 Å². The Morgan fingerprint density at radius 1 is 1.37 bits per heavy atom. The number of benzene rings is 1. The van der Waals surface area contributed by atoms with Crippen LogP contribution in [0.15, 0.2) is 29.2 Å². The zero-order valence-electron chi connectivity index (χ0n) is 11.1. The molecule has 1 aromatic rings. The van der Waals surface area contributed by atoms with Crippen LogP contribution in [0, 0.1) is 0 Å². The molecule has 1 rings (SSSR count). The molecule has 0 saturated heterocycles. The lowest BCUT2D eigenvalue weighted by molar-refractivity contribution is -0.137. The van der Waals surface area contributed by atoms with Gasteiger partial charge in [0.15, 0.2) is 0 Å². The molecule has 0 heterocycles. The van der Waals surface area contributed by atoms with Gasteiger partial charge in [0.2, 0.25) is 10.0 Å². The number of carbonyl (C=O) groups is 1. The van der Waals surface area contributed by atoms with Crippen LogP contribution in [0.25, 0.3) is 0 Å². The fraction of sp³-hybridized carbons (Fsp3) is 0.462. The number of rotatable bonds is 7. The maximum atomic E-state index is 12.2. The fourth-order valence-electron chi connectivity index (χ4n) is 1.87. The molecule has 0 aliphatic heterocycles. The van der Waals surface area contributed by atoms with Crippen molar-refractivity contribution in [3.63, 3.8) is 0 Å². The first-order valence-corrected chi connectivity index (χ1v) is 7.67. The van der Waals surface area contributed by atoms with Crippen LogP contribution >= 0.6 is 0 Å². The Morgan fingerprint density at radius 2 is 2.00 bits per heavy atom. The van der Waals surface area contributed by atoms with Crippen molar-refractivity contribution in [1.82, 2.24) is 4.72 Å². The van der Waals surface area contributed by atoms with Crippen LogP contribution in [-0.2, 0) is 21.2 Å². The lowest BCUT2D eigenvalue weighted by atomic mass is 10.1. The molecule has 0 saturated carbocycles. The summed E-state index contributed by atoms with van der Waals surface area (Å²) in [5.41, 5.74) is 0.750. The zero-order valence-corrected chi connectivity index (χ0v) is 11.9. The summed E-state index contributed by atoms with van der Waals surface area (Å²) in [6.45, 7) is 3.51. The molecule has 106 valence electrons. The molecule has 0 radical (unpaired) electrons. The highest BCUT2D eigenvalue weighted by Gasteiger charge is 2.21. The molecule has 0 amide bonds. The van der Waals surface area contributed by atoms with E-state index in [1.165, 1.54) is 6.92 Å². The van der Waals surface area contributed by atoms with E-state index in [1.54, 1.807) is 24.3 Å². The highest BCUT2D eigenvalue weighted by molar-refractivity contribution is 7.89. The Hall–Kier alpha value is -1.40. The van der Waals surface area contributed by atoms with Gasteiger partial charge < -0.3 is 5.11 Å². The van der Waals surface area contributed by atoms with Gasteiger partial charge >= 0.3 is 5.97 Å². The van der Waals surface area contributed by atoms with E-state index in [2.05, 4.69) is 4.72 Å². The molecular weight excluding hydrogens is 266 g/mol. The summed E-state index contributed by atoms with van der Waals surface area (Å²) in [4.78, 5) is 10.8. The molecule has 0 bridgehead atoms. The lowest BCUT2D eigenvalue weighted by Crippen LogP contribution is -2.34. The predicted octanol–water partition coefficient (Wildman–Crippen LogP) is 1.78. The van der Waals surface area contributed by atoms with Crippen LogP contribution in [0.3, 0.4) is 0 Å². The minimum atomic E-state index is -3.67. The smallest absolute Gasteiger partial charge is 0.304 e. The predicted molar refractivity (Wildman–Crippen MR) is 72.5 cm³/mol. The van der Waals surface area contributed by atoms with Crippen molar-refractivity contribution in [2.24, 2.45) is 0 Å². The molecule has 19 heavy (non-hydrogen) atoms. The largest absolute Gasteiger partial charge is 0.481 e. The Balaban J connectivity index is 2.97. The minimum Gasteiger partial charge on any atom is -0.481 e. The SMILES string of the molecule is CCCc1ccccc1S(=O)(=O)N[C@H](C)CC(=O)O. The molecule has 2 N–H and O–H groups in total. The lowest BCUT2D eigenvalue weighted by Gasteiger charge is -2.14. The van der Waals surface area contributed by atoms with Crippen molar-refractivity contribution in [2.75, 3.05) is 0 Å². The third kappa shape index (κ3) is 4.65. The van der Waals surface area contributed by atoms with E-state index in [-0.39, 0.29) is 11.3 Å². The summed E-state index contributed by atoms with van der Waals surface area (Å²) in [5, 5.41) is 8.66. The van der Waals surface area contributed by atoms with Gasteiger partial charge in [-0.05, 0) is 25.0 Å². The molecule has 0 unspecified atom stereocenters. The average molecular weight is 285 g/mol. The summed E-state index contributed by atoms with van der Waals surface area (Å²) in [6.07, 6.45) is 1.27. The van der Waals surface area contributed by atoms with E-state index < -0.39 is 22.0 Å². The summed E-state index contributed by atoms with van der Waals surface area (Å²) in [5.74, 6) is -1.03. The highest BCUT2D eigenvalue weighted by Crippen LogP contribution is 2.17. The van der Waals surface area contributed by atoms with Crippen LogP contribution in [0.5, 0.6) is 0 Å². The number of aryl methyl sites for hydroxylation is 1. The van der Waals surface area contributed by atoms with Gasteiger partial charge in [0.05, 0.1) is 11.3 Å². The van der Waals surface area contributed by atoms with E-state index in [0.717, 1.165) is 12.0 Å². The third-order valence-corrected chi connectivity index (χ3v) is 4.31. The number of sulfonamides is 1. The summed E-state index contributed by atoms with van der Waals surface area (Å²) in [6, 6.07) is 6.14. The Bertz CT molecular complexity index is 539. The molecule has 0 spiro atoms. The first-order chi connectivity index (χ1) is 8.86. The van der Waals surface area contributed by atoms with Gasteiger partial charge in [0, 0.05) is 6.04 Å². The van der Waals surface area contributed by atoms with Crippen LogP contribution in [0.4, 0.5) is 0 Å². The van der Waals surface area contributed by atoms with E-state index in [0.29, 0.717) is 6.42 Å². The maximum Gasteiger partial charge on any atom is 0.304 e. The number of nitrogens with one attached hydrogen (secondary N) is 1. The van der Waals surface area contributed by atoms with Crippen molar-refractivity contribution in [3.05, 3.63) is 29.8 Å². The van der Waals surface area contributed by atoms with Crippen molar-refractivity contribution in [3.8, 4) is 0 Å². The van der Waals surface area contributed by atoms with Gasteiger partial charge in [-0.1, -0.05) is 31.5 Å². The summed E-state index contributed by atoms with van der Waals surface area (Å²) >= 11 is 0. The number of hydrogen-bond donors (Lipinski definition) is 2. The monoisotopic (exact) mass is 285 g/mol. The van der Waals surface area contributed by atoms with Crippen LogP contribution in [0.1, 0.15) is 32.3 Å². The van der Waals surface area contributed by atoms with Gasteiger partial charge in [-0.15, -0.1) is 0 Å². The second-order valence-corrected chi connectivity index (χ2v) is 6.16. The molecular formula is C13H19NO4S. The highest BCUT2D eigenvalue weighted by atomic mass is 32.2. The molecule has 0 aromatic heterocycles. The zero-order chi connectivity index (χ0) is 14.5. The second-order valence-electron chi connectivity index (χ2n) is 4.48. The molecule has 0 aliphatic rings. The van der Waals surface area contributed by atoms with Crippen molar-refractivity contribution in [2.45, 2.75) is 44.0 Å². The molecule has 1 aromatic carbocycles. The van der Waals surface area contributed by atoms with Gasteiger partial charge in [-0.25, -0.2) is 13.1 Å². The van der Waals surface area contributed by atoms with E-state index in [4.69, 9.17) is 5.11 Å². The number of hydrogen-bond acceptors (Lipinski definition) is 3. The number of aliphatic carboxylic acids is 1. The van der Waals surface area contributed by atoms with Crippen LogP contribution < -0.4 is 4.72 Å². The molecule has 5 nitrogen and oxygen atoms in total. The third-order valence-electron chi connectivity index (χ3n) is 2.62. The minimum absolute atomic E-state index is 0.231. The van der Waals surface area contributed by atoms with Crippen molar-refractivity contribution in [1.29, 1.82) is 0 Å². The van der Waals surface area contributed by atoms with Gasteiger partial charge in [0.1, 0.15) is 0 Å². The number of carboxylic acid groups (broad SMARTS) is 1. The Morgan fingerprint density at radius 3 is 2.58 bits per heavy atom. The normalized spacial score (nSPS) is 13.2. The molecule has 1 atom stereocenters. The Labute approximate surface area is 113 Å². The standard InChI is InChI=1S/C13H19NO4S/c1-3-6-11-7-4-5-8-12(11)19(17,18)14-10(2)9-13(15)16/h4-5,7-8,10,14H,3,6,9H2,1-2H3,(H,15,16)/t10-/m1/s1. The summed E-state index contributed by atoms with van der Waals surface area (Å²) in [7, 11) is -3.67. The number of carboxylic acids is 1. The van der Waals surface area contributed by atoms with E-state index >= 15 is 0 Å². The van der Waals surface area contributed by atoms with Crippen molar-refractivity contribution < 1.29 is 18.3 Å². The molecule has 0 aliphatic carbocycles. The fourth-order valence-corrected chi connectivity index (χ4v) is 3.39. The van der Waals surface area contributed by atoms with Crippen LogP contribution in [0.2, 0.25) is 0 Å². The van der Waals surface area contributed by atoms with Gasteiger partial charge in [-0.2, -0.15) is 0 Å². The summed E-state index contributed by atoms with van der Waals surface area (Å²) < 4.78 is 26.8. The first-order valence-electron chi connectivity index (χ1n) is 6.19. The first kappa shape index (κ1) is 15.7. The molecule has 0 fully saturated rings. The van der Waals surface area contributed by atoms with E-state index in [9.17, 15) is 13.2 Å². The second kappa shape index (κ2) is 6.68. The van der Waals surface area contributed by atoms with Gasteiger partial charge in [-0.3, -0.25) is 4.79 Å². The Kier molecular flexibility index (Phi) is 5.50. The van der Waals surface area contributed by atoms with Crippen molar-refractivity contribution >= 4 is 16.0 Å². The average Bonchev–Trinajstić information content (AvgIpc) is 2.27. The van der Waals surface area contributed by atoms with Gasteiger partial charge in [0.25, 0.3) is 0 Å². The molecule has 6 heteroatoms. The maximum absolute atomic E-state index is 12.2. The topological polar surface area (TPSA) is 83.5 Å². The van der Waals surface area contributed by atoms with E-state index in [1.807, 2.05) is 6.92 Å².